The largest absolute Gasteiger partial charge is 0.466 e. The van der Waals surface area contributed by atoms with Gasteiger partial charge in [-0.1, -0.05) is 30.3 Å². The quantitative estimate of drug-likeness (QED) is 0.596. The zero-order valence-electron chi connectivity index (χ0n) is 13.1. The van der Waals surface area contributed by atoms with E-state index in [4.69, 9.17) is 4.74 Å². The highest BCUT2D eigenvalue weighted by atomic mass is 32.1. The molecule has 1 amide bonds. The van der Waals surface area contributed by atoms with Gasteiger partial charge in [-0.2, -0.15) is 0 Å². The minimum Gasteiger partial charge on any atom is -0.466 e. The Morgan fingerprint density at radius 2 is 2.04 bits per heavy atom. The number of nitrogens with zero attached hydrogens (tertiary/aromatic N) is 1. The van der Waals surface area contributed by atoms with Gasteiger partial charge in [-0.3, -0.25) is 9.59 Å². The molecule has 122 valence electrons. The third-order valence-corrected chi connectivity index (χ3v) is 4.04. The van der Waals surface area contributed by atoms with Crippen molar-refractivity contribution in [3.05, 3.63) is 41.4 Å². The smallest absolute Gasteiger partial charge is 0.305 e. The van der Waals surface area contributed by atoms with Gasteiger partial charge in [0.05, 0.1) is 18.7 Å². The van der Waals surface area contributed by atoms with Crippen LogP contribution in [0.25, 0.3) is 10.6 Å². The number of hydrogen-bond donors (Lipinski definition) is 1. The Hall–Kier alpha value is -2.21. The molecule has 0 bridgehead atoms. The summed E-state index contributed by atoms with van der Waals surface area (Å²) in [6.07, 6.45) is 1.16. The lowest BCUT2D eigenvalue weighted by Gasteiger charge is -2.04. The third kappa shape index (κ3) is 5.83. The molecular weight excluding hydrogens is 312 g/mol. The van der Waals surface area contributed by atoms with Crippen LogP contribution in [0.5, 0.6) is 0 Å². The first-order valence-electron chi connectivity index (χ1n) is 7.61. The van der Waals surface area contributed by atoms with Crippen LogP contribution in [-0.4, -0.2) is 30.0 Å². The Morgan fingerprint density at radius 3 is 2.78 bits per heavy atom. The van der Waals surface area contributed by atoms with E-state index in [1.165, 1.54) is 11.3 Å². The Balaban J connectivity index is 1.74. The van der Waals surface area contributed by atoms with Crippen LogP contribution < -0.4 is 5.32 Å². The molecule has 2 aromatic rings. The first-order chi connectivity index (χ1) is 11.2. The minimum absolute atomic E-state index is 0.0845. The number of rotatable bonds is 8. The molecular formula is C17H20N2O3S. The SMILES string of the molecule is CCOC(=O)CCCNC(=O)Cc1csc(-c2ccccc2)n1. The number of esters is 1. The molecule has 0 aliphatic carbocycles. The van der Waals surface area contributed by atoms with Crippen molar-refractivity contribution in [2.24, 2.45) is 0 Å². The average molecular weight is 332 g/mol. The molecule has 1 aromatic heterocycles. The fourth-order valence-corrected chi connectivity index (χ4v) is 2.85. The third-order valence-electron chi connectivity index (χ3n) is 3.10. The van der Waals surface area contributed by atoms with Crippen LogP contribution in [0, 0.1) is 0 Å². The molecule has 23 heavy (non-hydrogen) atoms. The summed E-state index contributed by atoms with van der Waals surface area (Å²) in [5.74, 6) is -0.312. The molecule has 0 fully saturated rings. The second kappa shape index (κ2) is 9.05. The Bertz CT molecular complexity index is 640. The van der Waals surface area contributed by atoms with Crippen LogP contribution in [0.2, 0.25) is 0 Å². The molecule has 0 spiro atoms. The van der Waals surface area contributed by atoms with Gasteiger partial charge in [0.15, 0.2) is 0 Å². The van der Waals surface area contributed by atoms with Crippen molar-refractivity contribution in [2.75, 3.05) is 13.2 Å². The molecule has 0 saturated carbocycles. The number of amides is 1. The highest BCUT2D eigenvalue weighted by molar-refractivity contribution is 7.13. The maximum atomic E-state index is 11.9. The van der Waals surface area contributed by atoms with Crippen molar-refractivity contribution in [2.45, 2.75) is 26.2 Å². The zero-order valence-corrected chi connectivity index (χ0v) is 13.9. The number of carbonyl (C=O) groups is 2. The predicted molar refractivity (Wildman–Crippen MR) is 90.1 cm³/mol. The molecule has 5 nitrogen and oxygen atoms in total. The molecule has 0 aliphatic rings. The molecule has 1 N–H and O–H groups in total. The first kappa shape index (κ1) is 17.1. The summed E-state index contributed by atoms with van der Waals surface area (Å²) in [6, 6.07) is 9.89. The van der Waals surface area contributed by atoms with Crippen molar-refractivity contribution in [1.29, 1.82) is 0 Å². The summed E-state index contributed by atoms with van der Waals surface area (Å²) in [4.78, 5) is 27.5. The van der Waals surface area contributed by atoms with E-state index >= 15 is 0 Å². The second-order valence-corrected chi connectivity index (χ2v) is 5.80. The summed E-state index contributed by atoms with van der Waals surface area (Å²) in [6.45, 7) is 2.63. The van der Waals surface area contributed by atoms with Gasteiger partial charge < -0.3 is 10.1 Å². The number of ether oxygens (including phenoxy) is 1. The molecule has 1 aromatic carbocycles. The molecule has 6 heteroatoms. The van der Waals surface area contributed by atoms with Crippen molar-refractivity contribution in [1.82, 2.24) is 10.3 Å². The Morgan fingerprint density at radius 1 is 1.26 bits per heavy atom. The van der Waals surface area contributed by atoms with Crippen LogP contribution in [0.4, 0.5) is 0 Å². The highest BCUT2D eigenvalue weighted by Gasteiger charge is 2.09. The van der Waals surface area contributed by atoms with Gasteiger partial charge in [0.2, 0.25) is 5.91 Å². The van der Waals surface area contributed by atoms with Crippen molar-refractivity contribution >= 4 is 23.2 Å². The molecule has 0 atom stereocenters. The summed E-state index contributed by atoms with van der Waals surface area (Å²) in [7, 11) is 0. The van der Waals surface area contributed by atoms with Crippen LogP contribution in [0.15, 0.2) is 35.7 Å². The lowest BCUT2D eigenvalue weighted by atomic mass is 10.2. The van der Waals surface area contributed by atoms with Gasteiger partial charge in [0, 0.05) is 23.9 Å². The van der Waals surface area contributed by atoms with Crippen LogP contribution in [-0.2, 0) is 20.7 Å². The molecule has 1 heterocycles. The maximum absolute atomic E-state index is 11.9. The predicted octanol–water partition coefficient (Wildman–Crippen LogP) is 2.81. The van der Waals surface area contributed by atoms with Crippen molar-refractivity contribution in [3.8, 4) is 10.6 Å². The number of aromatic nitrogens is 1. The number of nitrogens with one attached hydrogen (secondary N) is 1. The summed E-state index contributed by atoms with van der Waals surface area (Å²) in [5, 5.41) is 5.61. The van der Waals surface area contributed by atoms with Gasteiger partial charge >= 0.3 is 5.97 Å². The van der Waals surface area contributed by atoms with Crippen LogP contribution in [0.1, 0.15) is 25.5 Å². The molecule has 0 unspecified atom stereocenters. The first-order valence-corrected chi connectivity index (χ1v) is 8.49. The average Bonchev–Trinajstić information content (AvgIpc) is 3.01. The molecule has 0 radical (unpaired) electrons. The summed E-state index contributed by atoms with van der Waals surface area (Å²) >= 11 is 1.53. The van der Waals surface area contributed by atoms with E-state index in [2.05, 4.69) is 10.3 Å². The molecule has 2 rings (SSSR count). The number of thiazole rings is 1. The monoisotopic (exact) mass is 332 g/mol. The van der Waals surface area contributed by atoms with E-state index in [-0.39, 0.29) is 18.3 Å². The highest BCUT2D eigenvalue weighted by Crippen LogP contribution is 2.23. The number of benzene rings is 1. The number of carbonyl (C=O) groups excluding carboxylic acids is 2. The van der Waals surface area contributed by atoms with Crippen LogP contribution >= 0.6 is 11.3 Å². The summed E-state index contributed by atoms with van der Waals surface area (Å²) < 4.78 is 4.83. The topological polar surface area (TPSA) is 68.3 Å². The van der Waals surface area contributed by atoms with Gasteiger partial charge in [0.1, 0.15) is 5.01 Å². The maximum Gasteiger partial charge on any atom is 0.305 e. The Labute approximate surface area is 139 Å². The zero-order chi connectivity index (χ0) is 16.5. The van der Waals surface area contributed by atoms with Gasteiger partial charge in [-0.25, -0.2) is 4.98 Å². The van der Waals surface area contributed by atoms with Gasteiger partial charge in [-0.05, 0) is 13.3 Å². The van der Waals surface area contributed by atoms with Gasteiger partial charge in [0.25, 0.3) is 0 Å². The lowest BCUT2D eigenvalue weighted by Crippen LogP contribution is -2.26. The minimum atomic E-state index is -0.228. The lowest BCUT2D eigenvalue weighted by molar-refractivity contribution is -0.143. The fourth-order valence-electron chi connectivity index (χ4n) is 2.02. The van der Waals surface area contributed by atoms with E-state index < -0.39 is 0 Å². The van der Waals surface area contributed by atoms with Crippen molar-refractivity contribution in [3.63, 3.8) is 0 Å². The van der Waals surface area contributed by atoms with E-state index in [1.807, 2.05) is 35.7 Å². The molecule has 0 aliphatic heterocycles. The number of hydrogen-bond acceptors (Lipinski definition) is 5. The van der Waals surface area contributed by atoms with Gasteiger partial charge in [-0.15, -0.1) is 11.3 Å². The van der Waals surface area contributed by atoms with Crippen molar-refractivity contribution < 1.29 is 14.3 Å². The standard InChI is InChI=1S/C17H20N2O3S/c1-2-22-16(21)9-6-10-18-15(20)11-14-12-23-17(19-14)13-7-4-3-5-8-13/h3-5,7-8,12H,2,6,9-11H2,1H3,(H,18,20). The van der Waals surface area contributed by atoms with E-state index in [9.17, 15) is 9.59 Å². The molecule has 0 saturated heterocycles. The van der Waals surface area contributed by atoms with E-state index in [0.29, 0.717) is 26.0 Å². The second-order valence-electron chi connectivity index (χ2n) is 4.95. The fraction of sp³-hybridized carbons (Fsp3) is 0.353. The van der Waals surface area contributed by atoms with E-state index in [0.717, 1.165) is 16.3 Å². The summed E-state index contributed by atoms with van der Waals surface area (Å²) in [5.41, 5.74) is 1.82. The van der Waals surface area contributed by atoms with Crippen LogP contribution in [0.3, 0.4) is 0 Å². The Kier molecular flexibility index (Phi) is 6.75. The normalized spacial score (nSPS) is 10.3. The van der Waals surface area contributed by atoms with E-state index in [1.54, 1.807) is 6.92 Å².